The molecule has 0 aliphatic carbocycles. The van der Waals surface area contributed by atoms with Crippen LogP contribution in [0.2, 0.25) is 10.0 Å². The Bertz CT molecular complexity index is 1040. The third-order valence-corrected chi connectivity index (χ3v) is 4.81. The van der Waals surface area contributed by atoms with Crippen molar-refractivity contribution in [2.24, 2.45) is 0 Å². The van der Waals surface area contributed by atoms with E-state index in [1.54, 1.807) is 0 Å². The molecule has 0 bridgehead atoms. The first-order valence-corrected chi connectivity index (χ1v) is 8.55. The Morgan fingerprint density at radius 2 is 1.89 bits per heavy atom. The lowest BCUT2D eigenvalue weighted by Gasteiger charge is -2.26. The Hall–Kier alpha value is -2.65. The summed E-state index contributed by atoms with van der Waals surface area (Å²) in [6.07, 6.45) is 2.49. The van der Waals surface area contributed by atoms with Crippen LogP contribution in [0.4, 0.5) is 8.78 Å². The Balaban J connectivity index is 1.60. The average molecular weight is 411 g/mol. The zero-order valence-electron chi connectivity index (χ0n) is 13.5. The van der Waals surface area contributed by atoms with Crippen molar-refractivity contribution in [1.82, 2.24) is 29.9 Å². The maximum atomic E-state index is 13.9. The first-order chi connectivity index (χ1) is 13.0. The summed E-state index contributed by atoms with van der Waals surface area (Å²) in [5.74, 6) is -1.64. The highest BCUT2D eigenvalue weighted by Gasteiger charge is 2.29. The first kappa shape index (κ1) is 17.7. The maximum absolute atomic E-state index is 13.9. The van der Waals surface area contributed by atoms with Crippen LogP contribution in [0.15, 0.2) is 24.5 Å². The first-order valence-electron chi connectivity index (χ1n) is 7.80. The second kappa shape index (κ2) is 6.82. The van der Waals surface area contributed by atoms with Gasteiger partial charge in [-0.3, -0.25) is 4.79 Å². The third-order valence-electron chi connectivity index (χ3n) is 4.15. The summed E-state index contributed by atoms with van der Waals surface area (Å²) in [7, 11) is 0. The number of hydrogen-bond donors (Lipinski definition) is 0. The number of hydrogen-bond acceptors (Lipinski definition) is 5. The molecule has 4 rings (SSSR count). The molecule has 0 saturated carbocycles. The standard InChI is InChI=1S/C16H10Cl2F2N6O/c17-10-2-1-9(13(18)14(10)20)15(27)25-4-3-12-11(7-25)23-24-26(12)16-21-5-8(19)6-22-16/h1-2,5-6H,3-4,7H2. The number of amides is 1. The summed E-state index contributed by atoms with van der Waals surface area (Å²) >= 11 is 11.6. The number of benzene rings is 1. The molecular weight excluding hydrogens is 401 g/mol. The van der Waals surface area contributed by atoms with E-state index < -0.39 is 17.5 Å². The molecule has 0 fully saturated rings. The van der Waals surface area contributed by atoms with Crippen molar-refractivity contribution in [2.45, 2.75) is 13.0 Å². The van der Waals surface area contributed by atoms with Gasteiger partial charge in [0, 0.05) is 13.0 Å². The molecule has 7 nitrogen and oxygen atoms in total. The third kappa shape index (κ3) is 3.13. The molecule has 11 heteroatoms. The molecule has 3 heterocycles. The largest absolute Gasteiger partial charge is 0.332 e. The van der Waals surface area contributed by atoms with Crippen LogP contribution in [0, 0.1) is 11.6 Å². The van der Waals surface area contributed by atoms with Crippen molar-refractivity contribution in [1.29, 1.82) is 0 Å². The second-order valence-electron chi connectivity index (χ2n) is 5.80. The van der Waals surface area contributed by atoms with Gasteiger partial charge >= 0.3 is 0 Å². The quantitative estimate of drug-likeness (QED) is 0.607. The minimum atomic E-state index is -0.832. The van der Waals surface area contributed by atoms with Crippen molar-refractivity contribution in [3.05, 3.63) is 63.2 Å². The average Bonchev–Trinajstić information content (AvgIpc) is 3.09. The van der Waals surface area contributed by atoms with Crippen molar-refractivity contribution in [3.63, 3.8) is 0 Å². The lowest BCUT2D eigenvalue weighted by Crippen LogP contribution is -2.36. The van der Waals surface area contributed by atoms with Gasteiger partial charge in [0.25, 0.3) is 11.9 Å². The van der Waals surface area contributed by atoms with E-state index in [1.165, 1.54) is 21.7 Å². The van der Waals surface area contributed by atoms with Crippen LogP contribution in [0.3, 0.4) is 0 Å². The van der Waals surface area contributed by atoms with Gasteiger partial charge in [-0.1, -0.05) is 28.4 Å². The molecule has 2 aromatic heterocycles. The number of fused-ring (bicyclic) bond motifs is 1. The van der Waals surface area contributed by atoms with Gasteiger partial charge in [-0.15, -0.1) is 5.10 Å². The number of halogens is 4. The summed E-state index contributed by atoms with van der Waals surface area (Å²) in [5.41, 5.74) is 1.29. The van der Waals surface area contributed by atoms with Crippen molar-refractivity contribution in [3.8, 4) is 5.95 Å². The Morgan fingerprint density at radius 3 is 2.63 bits per heavy atom. The number of carbonyl (C=O) groups is 1. The van der Waals surface area contributed by atoms with Gasteiger partial charge in [0.15, 0.2) is 11.6 Å². The molecule has 0 radical (unpaired) electrons. The molecular formula is C16H10Cl2F2N6O. The molecule has 3 aromatic rings. The van der Waals surface area contributed by atoms with Crippen LogP contribution < -0.4 is 0 Å². The van der Waals surface area contributed by atoms with Crippen LogP contribution in [0.25, 0.3) is 5.95 Å². The monoisotopic (exact) mass is 410 g/mol. The zero-order chi connectivity index (χ0) is 19.1. The molecule has 1 aromatic carbocycles. The molecule has 27 heavy (non-hydrogen) atoms. The van der Waals surface area contributed by atoms with Gasteiger partial charge in [0.2, 0.25) is 0 Å². The minimum Gasteiger partial charge on any atom is -0.332 e. The summed E-state index contributed by atoms with van der Waals surface area (Å²) in [6, 6.07) is 2.67. The van der Waals surface area contributed by atoms with E-state index in [1.807, 2.05) is 0 Å². The van der Waals surface area contributed by atoms with Gasteiger partial charge in [0.05, 0.1) is 40.2 Å². The number of nitrogens with zero attached hydrogens (tertiary/aromatic N) is 6. The summed E-state index contributed by atoms with van der Waals surface area (Å²) < 4.78 is 28.3. The minimum absolute atomic E-state index is 0.0243. The van der Waals surface area contributed by atoms with E-state index in [0.717, 1.165) is 18.1 Å². The molecule has 0 saturated heterocycles. The van der Waals surface area contributed by atoms with E-state index in [-0.39, 0.29) is 28.1 Å². The lowest BCUT2D eigenvalue weighted by molar-refractivity contribution is 0.0731. The number of aromatic nitrogens is 5. The van der Waals surface area contributed by atoms with E-state index in [0.29, 0.717) is 18.7 Å². The fourth-order valence-corrected chi connectivity index (χ4v) is 3.27. The van der Waals surface area contributed by atoms with Gasteiger partial charge in [0.1, 0.15) is 5.69 Å². The van der Waals surface area contributed by atoms with E-state index in [2.05, 4.69) is 20.3 Å². The van der Waals surface area contributed by atoms with Crippen LogP contribution in [0.1, 0.15) is 21.7 Å². The Kier molecular flexibility index (Phi) is 4.48. The maximum Gasteiger partial charge on any atom is 0.255 e. The highest BCUT2D eigenvalue weighted by atomic mass is 35.5. The molecule has 0 N–H and O–H groups in total. The SMILES string of the molecule is O=C(c1ccc(Cl)c(F)c1Cl)N1CCc2c(nnn2-c2ncc(F)cn2)C1. The van der Waals surface area contributed by atoms with Gasteiger partial charge in [-0.25, -0.2) is 18.7 Å². The molecule has 0 atom stereocenters. The number of carbonyl (C=O) groups excluding carboxylic acids is 1. The lowest BCUT2D eigenvalue weighted by atomic mass is 10.1. The van der Waals surface area contributed by atoms with Crippen LogP contribution in [-0.4, -0.2) is 42.3 Å². The highest BCUT2D eigenvalue weighted by Crippen LogP contribution is 2.28. The Morgan fingerprint density at radius 1 is 1.15 bits per heavy atom. The van der Waals surface area contributed by atoms with Gasteiger partial charge in [-0.05, 0) is 12.1 Å². The van der Waals surface area contributed by atoms with Crippen molar-refractivity contribution < 1.29 is 13.6 Å². The summed E-state index contributed by atoms with van der Waals surface area (Å²) in [6.45, 7) is 0.497. The molecule has 0 unspecified atom stereocenters. The zero-order valence-corrected chi connectivity index (χ0v) is 15.0. The van der Waals surface area contributed by atoms with E-state index >= 15 is 0 Å². The highest BCUT2D eigenvalue weighted by molar-refractivity contribution is 6.37. The molecule has 0 spiro atoms. The van der Waals surface area contributed by atoms with Crippen LogP contribution >= 0.6 is 23.2 Å². The molecule has 1 aliphatic rings. The predicted molar refractivity (Wildman–Crippen MR) is 91.8 cm³/mol. The van der Waals surface area contributed by atoms with Crippen molar-refractivity contribution >= 4 is 29.1 Å². The second-order valence-corrected chi connectivity index (χ2v) is 6.58. The van der Waals surface area contributed by atoms with E-state index in [4.69, 9.17) is 23.2 Å². The fraction of sp³-hybridized carbons (Fsp3) is 0.188. The fourth-order valence-electron chi connectivity index (χ4n) is 2.82. The smallest absolute Gasteiger partial charge is 0.255 e. The molecule has 1 aliphatic heterocycles. The summed E-state index contributed by atoms with van der Waals surface area (Å²) in [4.78, 5) is 22.0. The molecule has 138 valence electrons. The Labute approximate surface area is 161 Å². The van der Waals surface area contributed by atoms with Crippen molar-refractivity contribution in [2.75, 3.05) is 6.54 Å². The normalized spacial score (nSPS) is 13.6. The molecule has 1 amide bonds. The van der Waals surface area contributed by atoms with Gasteiger partial charge in [-0.2, -0.15) is 4.68 Å². The summed E-state index contributed by atoms with van der Waals surface area (Å²) in [5, 5.41) is 7.57. The number of rotatable bonds is 2. The van der Waals surface area contributed by atoms with Crippen LogP contribution in [0.5, 0.6) is 0 Å². The van der Waals surface area contributed by atoms with E-state index in [9.17, 15) is 13.6 Å². The topological polar surface area (TPSA) is 76.8 Å². The van der Waals surface area contributed by atoms with Crippen LogP contribution in [-0.2, 0) is 13.0 Å². The predicted octanol–water partition coefficient (Wildman–Crippen LogP) is 2.84. The van der Waals surface area contributed by atoms with Gasteiger partial charge < -0.3 is 4.90 Å².